The first-order valence-electron chi connectivity index (χ1n) is 9.62. The number of hydrogen-bond donors (Lipinski definition) is 2. The fourth-order valence-electron chi connectivity index (χ4n) is 4.33. The molecule has 1 saturated heterocycles. The van der Waals surface area contributed by atoms with Crippen molar-refractivity contribution in [2.75, 3.05) is 31.1 Å². The molecule has 0 bridgehead atoms. The number of aromatic amines is 1. The molecule has 3 aromatic heterocycles. The highest BCUT2D eigenvalue weighted by Gasteiger charge is 2.34. The molecule has 0 amide bonds. The fourth-order valence-corrected chi connectivity index (χ4v) is 4.33. The molecule has 0 spiro atoms. The zero-order chi connectivity index (χ0) is 17.8. The first kappa shape index (κ1) is 15.2. The fraction of sp³-hybridized carbons (Fsp3) is 0.350. The van der Waals surface area contributed by atoms with Gasteiger partial charge >= 0.3 is 0 Å². The number of H-pyrrole nitrogens is 1. The standard InChI is InChI=1S/C20H21N7/c1-2-4-17-16(3-1)24-19(25-17)13-11-26(12-13)20-14-5-8-21-9-6-15(14)23-18-7-10-22-27(18)20/h1-4,7,10,13,21H,5-6,8-9,11-12H2,(H,24,25). The van der Waals surface area contributed by atoms with E-state index in [4.69, 9.17) is 9.97 Å². The van der Waals surface area contributed by atoms with Crippen LogP contribution in [-0.2, 0) is 12.8 Å². The van der Waals surface area contributed by atoms with Crippen LogP contribution in [-0.4, -0.2) is 50.7 Å². The Bertz CT molecular complexity index is 1100. The van der Waals surface area contributed by atoms with Crippen molar-refractivity contribution in [1.82, 2.24) is 29.9 Å². The molecular formula is C20H21N7. The molecular weight excluding hydrogens is 338 g/mol. The predicted octanol–water partition coefficient (Wildman–Crippen LogP) is 1.90. The smallest absolute Gasteiger partial charge is 0.157 e. The molecule has 1 fully saturated rings. The number of nitrogens with one attached hydrogen (secondary N) is 2. The number of aromatic nitrogens is 5. The molecule has 2 aliphatic heterocycles. The van der Waals surface area contributed by atoms with Gasteiger partial charge in [-0.2, -0.15) is 9.61 Å². The lowest BCUT2D eigenvalue weighted by atomic mass is 9.97. The van der Waals surface area contributed by atoms with Crippen LogP contribution in [0.2, 0.25) is 0 Å². The van der Waals surface area contributed by atoms with Crippen LogP contribution >= 0.6 is 0 Å². The van der Waals surface area contributed by atoms with Crippen molar-refractivity contribution in [3.63, 3.8) is 0 Å². The second kappa shape index (κ2) is 5.79. The van der Waals surface area contributed by atoms with E-state index in [1.807, 2.05) is 28.9 Å². The molecule has 2 N–H and O–H groups in total. The highest BCUT2D eigenvalue weighted by Crippen LogP contribution is 2.35. The summed E-state index contributed by atoms with van der Waals surface area (Å²) in [6.45, 7) is 3.90. The Morgan fingerprint density at radius 1 is 1.00 bits per heavy atom. The van der Waals surface area contributed by atoms with Crippen LogP contribution in [0.15, 0.2) is 36.5 Å². The van der Waals surface area contributed by atoms with Gasteiger partial charge in [-0.05, 0) is 25.1 Å². The highest BCUT2D eigenvalue weighted by atomic mass is 15.4. The first-order chi connectivity index (χ1) is 13.4. The van der Waals surface area contributed by atoms with Gasteiger partial charge in [-0.15, -0.1) is 0 Å². The van der Waals surface area contributed by atoms with Gasteiger partial charge < -0.3 is 15.2 Å². The third-order valence-corrected chi connectivity index (χ3v) is 5.76. The summed E-state index contributed by atoms with van der Waals surface area (Å²) in [5, 5.41) is 8.05. The molecule has 27 heavy (non-hydrogen) atoms. The van der Waals surface area contributed by atoms with Gasteiger partial charge in [0.05, 0.1) is 28.8 Å². The number of anilines is 1. The largest absolute Gasteiger partial charge is 0.355 e. The van der Waals surface area contributed by atoms with Gasteiger partial charge in [0.25, 0.3) is 0 Å². The van der Waals surface area contributed by atoms with E-state index in [1.165, 1.54) is 17.1 Å². The van der Waals surface area contributed by atoms with Crippen LogP contribution in [0.1, 0.15) is 23.0 Å². The lowest BCUT2D eigenvalue weighted by Gasteiger charge is -2.41. The molecule has 0 atom stereocenters. The third-order valence-electron chi connectivity index (χ3n) is 5.76. The van der Waals surface area contributed by atoms with E-state index >= 15 is 0 Å². The topological polar surface area (TPSA) is 74.1 Å². The van der Waals surface area contributed by atoms with Gasteiger partial charge in [0.2, 0.25) is 0 Å². The minimum Gasteiger partial charge on any atom is -0.355 e. The number of hydrogen-bond acceptors (Lipinski definition) is 5. The first-order valence-corrected chi connectivity index (χ1v) is 9.62. The van der Waals surface area contributed by atoms with Crippen molar-refractivity contribution in [1.29, 1.82) is 0 Å². The van der Waals surface area contributed by atoms with Crippen LogP contribution < -0.4 is 10.2 Å². The zero-order valence-electron chi connectivity index (χ0n) is 15.0. The average Bonchev–Trinajstić information content (AvgIpc) is 3.21. The molecule has 7 heteroatoms. The molecule has 2 aliphatic rings. The summed E-state index contributed by atoms with van der Waals surface area (Å²) < 4.78 is 2.01. The van der Waals surface area contributed by atoms with Crippen molar-refractivity contribution in [3.8, 4) is 0 Å². The van der Waals surface area contributed by atoms with E-state index in [0.717, 1.165) is 61.5 Å². The summed E-state index contributed by atoms with van der Waals surface area (Å²) in [6.07, 6.45) is 3.82. The second-order valence-corrected chi connectivity index (χ2v) is 7.45. The summed E-state index contributed by atoms with van der Waals surface area (Å²) >= 11 is 0. The van der Waals surface area contributed by atoms with Gasteiger partial charge in [0, 0.05) is 37.7 Å². The normalized spacial score (nSPS) is 17.9. The average molecular weight is 359 g/mol. The van der Waals surface area contributed by atoms with Gasteiger partial charge in [0.1, 0.15) is 11.6 Å². The van der Waals surface area contributed by atoms with Crippen LogP contribution in [0.3, 0.4) is 0 Å². The van der Waals surface area contributed by atoms with Gasteiger partial charge in [-0.3, -0.25) is 0 Å². The minimum absolute atomic E-state index is 0.427. The molecule has 0 radical (unpaired) electrons. The lowest BCUT2D eigenvalue weighted by molar-refractivity contribution is 0.494. The Labute approximate surface area is 156 Å². The predicted molar refractivity (Wildman–Crippen MR) is 104 cm³/mol. The van der Waals surface area contributed by atoms with Crippen molar-refractivity contribution < 1.29 is 0 Å². The van der Waals surface area contributed by atoms with Crippen molar-refractivity contribution >= 4 is 22.5 Å². The summed E-state index contributed by atoms with van der Waals surface area (Å²) in [6, 6.07) is 10.2. The quantitative estimate of drug-likeness (QED) is 0.572. The number of fused-ring (bicyclic) bond motifs is 3. The Morgan fingerprint density at radius 3 is 2.81 bits per heavy atom. The van der Waals surface area contributed by atoms with Crippen molar-refractivity contribution in [2.45, 2.75) is 18.8 Å². The minimum atomic E-state index is 0.427. The number of imidazole rings is 1. The van der Waals surface area contributed by atoms with Gasteiger partial charge in [0.15, 0.2) is 5.65 Å². The lowest BCUT2D eigenvalue weighted by Crippen LogP contribution is -2.47. The van der Waals surface area contributed by atoms with Crippen LogP contribution in [0.25, 0.3) is 16.7 Å². The summed E-state index contributed by atoms with van der Waals surface area (Å²) in [5.74, 6) is 2.73. The van der Waals surface area contributed by atoms with Crippen molar-refractivity contribution in [3.05, 3.63) is 53.6 Å². The Kier molecular flexibility index (Phi) is 3.25. The molecule has 1 aromatic carbocycles. The van der Waals surface area contributed by atoms with E-state index in [-0.39, 0.29) is 0 Å². The maximum atomic E-state index is 4.86. The number of para-hydroxylation sites is 2. The van der Waals surface area contributed by atoms with E-state index in [1.54, 1.807) is 0 Å². The number of nitrogens with zero attached hydrogens (tertiary/aromatic N) is 5. The van der Waals surface area contributed by atoms with E-state index < -0.39 is 0 Å². The van der Waals surface area contributed by atoms with Crippen LogP contribution in [0.4, 0.5) is 5.82 Å². The molecule has 7 nitrogen and oxygen atoms in total. The zero-order valence-corrected chi connectivity index (χ0v) is 15.0. The van der Waals surface area contributed by atoms with Crippen LogP contribution in [0.5, 0.6) is 0 Å². The third kappa shape index (κ3) is 2.35. The Hall–Kier alpha value is -2.93. The van der Waals surface area contributed by atoms with Gasteiger partial charge in [-0.25, -0.2) is 9.97 Å². The molecule has 5 heterocycles. The number of rotatable bonds is 2. The van der Waals surface area contributed by atoms with Crippen molar-refractivity contribution in [2.24, 2.45) is 0 Å². The highest BCUT2D eigenvalue weighted by molar-refractivity contribution is 5.75. The monoisotopic (exact) mass is 359 g/mol. The van der Waals surface area contributed by atoms with E-state index in [2.05, 4.69) is 32.4 Å². The van der Waals surface area contributed by atoms with Crippen LogP contribution in [0, 0.1) is 0 Å². The molecule has 136 valence electrons. The Balaban J connectivity index is 1.36. The molecule has 0 saturated carbocycles. The molecule has 0 aliphatic carbocycles. The molecule has 4 aromatic rings. The van der Waals surface area contributed by atoms with E-state index in [0.29, 0.717) is 5.92 Å². The second-order valence-electron chi connectivity index (χ2n) is 7.45. The molecule has 6 rings (SSSR count). The summed E-state index contributed by atoms with van der Waals surface area (Å²) in [4.78, 5) is 15.6. The van der Waals surface area contributed by atoms with Gasteiger partial charge in [-0.1, -0.05) is 12.1 Å². The summed E-state index contributed by atoms with van der Waals surface area (Å²) in [7, 11) is 0. The SMILES string of the molecule is c1ccc2[nH]c(C3CN(c4c5c(nc6ccnn46)CCNCC5)C3)nc2c1. The maximum absolute atomic E-state index is 4.86. The summed E-state index contributed by atoms with van der Waals surface area (Å²) in [5.41, 5.74) is 5.67. The van der Waals surface area contributed by atoms with E-state index in [9.17, 15) is 0 Å². The molecule has 0 unspecified atom stereocenters. The maximum Gasteiger partial charge on any atom is 0.157 e. The Morgan fingerprint density at radius 2 is 1.89 bits per heavy atom. The number of benzene rings is 1.